The maximum atomic E-state index is 11.1. The average Bonchev–Trinajstić information content (AvgIpc) is 2.42. The predicted molar refractivity (Wildman–Crippen MR) is 89.6 cm³/mol. The first-order valence-electron chi connectivity index (χ1n) is 6.37. The van der Waals surface area contributed by atoms with Crippen LogP contribution in [0.15, 0.2) is 40.9 Å². The molecule has 0 unspecified atom stereocenters. The van der Waals surface area contributed by atoms with Gasteiger partial charge in [0.25, 0.3) is 5.69 Å². The van der Waals surface area contributed by atoms with Gasteiger partial charge in [-0.25, -0.2) is 0 Å². The summed E-state index contributed by atoms with van der Waals surface area (Å²) in [5.41, 5.74) is 3.54. The maximum Gasteiger partial charge on any atom is 0.293 e. The van der Waals surface area contributed by atoms with Crippen molar-refractivity contribution in [1.82, 2.24) is 0 Å². The van der Waals surface area contributed by atoms with Crippen LogP contribution in [0.2, 0.25) is 0 Å². The lowest BCUT2D eigenvalue weighted by atomic mass is 10.1. The minimum atomic E-state index is -0.395. The predicted octanol–water partition coefficient (Wildman–Crippen LogP) is 4.48. The van der Waals surface area contributed by atoms with E-state index in [2.05, 4.69) is 21.2 Å². The third-order valence-electron chi connectivity index (χ3n) is 3.13. The summed E-state index contributed by atoms with van der Waals surface area (Å²) in [7, 11) is 3.93. The Kier molecular flexibility index (Phi) is 4.47. The third-order valence-corrected chi connectivity index (χ3v) is 3.62. The minimum absolute atomic E-state index is 0.0383. The van der Waals surface area contributed by atoms with E-state index in [1.807, 2.05) is 44.1 Å². The first-order chi connectivity index (χ1) is 9.88. The van der Waals surface area contributed by atoms with Crippen LogP contribution >= 0.6 is 15.9 Å². The molecule has 0 bridgehead atoms. The minimum Gasteiger partial charge on any atom is -0.377 e. The van der Waals surface area contributed by atoms with Gasteiger partial charge in [0, 0.05) is 36.0 Å². The zero-order valence-corrected chi connectivity index (χ0v) is 13.6. The second-order valence-electron chi connectivity index (χ2n) is 4.94. The Morgan fingerprint density at radius 1 is 1.19 bits per heavy atom. The van der Waals surface area contributed by atoms with E-state index < -0.39 is 4.92 Å². The van der Waals surface area contributed by atoms with Gasteiger partial charge in [-0.2, -0.15) is 0 Å². The number of nitro groups is 1. The standard InChI is InChI=1S/C15H16BrN3O2/c1-10-4-6-12(9-14(10)18(2)3)17-13-7-5-11(16)8-15(13)19(20)21/h4-9,17H,1-3H3. The van der Waals surface area contributed by atoms with E-state index >= 15 is 0 Å². The lowest BCUT2D eigenvalue weighted by molar-refractivity contribution is -0.384. The molecule has 21 heavy (non-hydrogen) atoms. The summed E-state index contributed by atoms with van der Waals surface area (Å²) in [6.07, 6.45) is 0. The van der Waals surface area contributed by atoms with Crippen molar-refractivity contribution < 1.29 is 4.92 Å². The second kappa shape index (κ2) is 6.13. The van der Waals surface area contributed by atoms with Crippen molar-refractivity contribution in [1.29, 1.82) is 0 Å². The topological polar surface area (TPSA) is 58.4 Å². The van der Waals surface area contributed by atoms with E-state index in [-0.39, 0.29) is 5.69 Å². The summed E-state index contributed by atoms with van der Waals surface area (Å²) in [6, 6.07) is 10.8. The van der Waals surface area contributed by atoms with Crippen LogP contribution in [0.4, 0.5) is 22.7 Å². The molecule has 0 saturated carbocycles. The SMILES string of the molecule is Cc1ccc(Nc2ccc(Br)cc2[N+](=O)[O-])cc1N(C)C. The van der Waals surface area contributed by atoms with E-state index in [0.717, 1.165) is 16.9 Å². The molecule has 0 aromatic heterocycles. The Morgan fingerprint density at radius 2 is 1.90 bits per heavy atom. The molecule has 0 aliphatic carbocycles. The Balaban J connectivity index is 2.39. The van der Waals surface area contributed by atoms with Crippen LogP contribution in [0.3, 0.4) is 0 Å². The lowest BCUT2D eigenvalue weighted by Gasteiger charge is -2.17. The molecule has 2 aromatic carbocycles. The maximum absolute atomic E-state index is 11.1. The highest BCUT2D eigenvalue weighted by molar-refractivity contribution is 9.10. The van der Waals surface area contributed by atoms with Gasteiger partial charge in [0.05, 0.1) is 4.92 Å². The number of aryl methyl sites for hydroxylation is 1. The molecule has 0 aliphatic heterocycles. The zero-order chi connectivity index (χ0) is 15.6. The zero-order valence-electron chi connectivity index (χ0n) is 12.1. The molecule has 0 aliphatic rings. The highest BCUT2D eigenvalue weighted by Crippen LogP contribution is 2.32. The summed E-state index contributed by atoms with van der Waals surface area (Å²) in [4.78, 5) is 12.7. The number of hydrogen-bond donors (Lipinski definition) is 1. The Hall–Kier alpha value is -2.08. The third kappa shape index (κ3) is 3.52. The summed E-state index contributed by atoms with van der Waals surface area (Å²) in [5, 5.41) is 14.2. The summed E-state index contributed by atoms with van der Waals surface area (Å²) in [5.74, 6) is 0. The number of halogens is 1. The van der Waals surface area contributed by atoms with Gasteiger partial charge >= 0.3 is 0 Å². The Morgan fingerprint density at radius 3 is 2.52 bits per heavy atom. The van der Waals surface area contributed by atoms with Crippen molar-refractivity contribution in [3.63, 3.8) is 0 Å². The lowest BCUT2D eigenvalue weighted by Crippen LogP contribution is -2.10. The second-order valence-corrected chi connectivity index (χ2v) is 5.85. The number of hydrogen-bond acceptors (Lipinski definition) is 4. The molecule has 5 nitrogen and oxygen atoms in total. The average molecular weight is 350 g/mol. The largest absolute Gasteiger partial charge is 0.377 e. The molecule has 0 atom stereocenters. The fourth-order valence-electron chi connectivity index (χ4n) is 2.09. The molecule has 1 N–H and O–H groups in total. The molecule has 0 amide bonds. The normalized spacial score (nSPS) is 10.3. The van der Waals surface area contributed by atoms with Crippen LogP contribution in [0, 0.1) is 17.0 Å². The summed E-state index contributed by atoms with van der Waals surface area (Å²) < 4.78 is 0.678. The number of nitro benzene ring substituents is 1. The molecule has 0 saturated heterocycles. The van der Waals surface area contributed by atoms with E-state index in [1.54, 1.807) is 12.1 Å². The van der Waals surface area contributed by atoms with E-state index in [9.17, 15) is 10.1 Å². The van der Waals surface area contributed by atoms with Crippen LogP contribution in [-0.2, 0) is 0 Å². The van der Waals surface area contributed by atoms with E-state index in [4.69, 9.17) is 0 Å². The first-order valence-corrected chi connectivity index (χ1v) is 7.16. The van der Waals surface area contributed by atoms with Crippen LogP contribution in [0.25, 0.3) is 0 Å². The van der Waals surface area contributed by atoms with Gasteiger partial charge in [-0.3, -0.25) is 10.1 Å². The van der Waals surface area contributed by atoms with Gasteiger partial charge in [0.1, 0.15) is 5.69 Å². The molecule has 6 heteroatoms. The number of nitrogens with zero attached hydrogens (tertiary/aromatic N) is 2. The molecular weight excluding hydrogens is 334 g/mol. The number of benzene rings is 2. The fourth-order valence-corrected chi connectivity index (χ4v) is 2.44. The first kappa shape index (κ1) is 15.3. The van der Waals surface area contributed by atoms with Crippen molar-refractivity contribution in [3.8, 4) is 0 Å². The molecule has 0 heterocycles. The van der Waals surface area contributed by atoms with Crippen LogP contribution in [0.1, 0.15) is 5.56 Å². The molecule has 2 aromatic rings. The smallest absolute Gasteiger partial charge is 0.293 e. The quantitative estimate of drug-likeness (QED) is 0.653. The van der Waals surface area contributed by atoms with E-state index in [0.29, 0.717) is 10.2 Å². The number of rotatable bonds is 4. The van der Waals surface area contributed by atoms with Crippen molar-refractivity contribution in [2.45, 2.75) is 6.92 Å². The van der Waals surface area contributed by atoms with Crippen molar-refractivity contribution in [3.05, 3.63) is 56.5 Å². The van der Waals surface area contributed by atoms with Gasteiger partial charge in [-0.15, -0.1) is 0 Å². The van der Waals surface area contributed by atoms with Crippen molar-refractivity contribution >= 4 is 38.7 Å². The molecule has 0 fully saturated rings. The molecular formula is C15H16BrN3O2. The van der Waals surface area contributed by atoms with Crippen LogP contribution < -0.4 is 10.2 Å². The molecule has 0 radical (unpaired) electrons. The van der Waals surface area contributed by atoms with E-state index in [1.165, 1.54) is 6.07 Å². The molecule has 2 rings (SSSR count). The van der Waals surface area contributed by atoms with Gasteiger partial charge in [-0.05, 0) is 36.8 Å². The van der Waals surface area contributed by atoms with Gasteiger partial charge in [0.2, 0.25) is 0 Å². The Bertz CT molecular complexity index is 687. The van der Waals surface area contributed by atoms with Crippen molar-refractivity contribution in [2.75, 3.05) is 24.3 Å². The number of nitrogens with one attached hydrogen (secondary N) is 1. The number of anilines is 3. The van der Waals surface area contributed by atoms with Gasteiger partial charge in [-0.1, -0.05) is 22.0 Å². The highest BCUT2D eigenvalue weighted by atomic mass is 79.9. The summed E-state index contributed by atoms with van der Waals surface area (Å²) >= 11 is 3.25. The summed E-state index contributed by atoms with van der Waals surface area (Å²) in [6.45, 7) is 2.03. The van der Waals surface area contributed by atoms with Gasteiger partial charge < -0.3 is 10.2 Å². The monoisotopic (exact) mass is 349 g/mol. The fraction of sp³-hybridized carbons (Fsp3) is 0.200. The van der Waals surface area contributed by atoms with Gasteiger partial charge in [0.15, 0.2) is 0 Å². The molecule has 0 spiro atoms. The Labute approximate surface area is 131 Å². The van der Waals surface area contributed by atoms with Crippen molar-refractivity contribution in [2.24, 2.45) is 0 Å². The highest BCUT2D eigenvalue weighted by Gasteiger charge is 2.14. The van der Waals surface area contributed by atoms with Crippen LogP contribution in [-0.4, -0.2) is 19.0 Å². The molecule has 110 valence electrons. The van der Waals surface area contributed by atoms with Crippen LogP contribution in [0.5, 0.6) is 0 Å².